The Morgan fingerprint density at radius 3 is 2.78 bits per heavy atom. The zero-order valence-corrected chi connectivity index (χ0v) is 13.7. The highest BCUT2D eigenvalue weighted by Gasteiger charge is 2.37. The molecule has 2 aliphatic heterocycles. The second kappa shape index (κ2) is 5.96. The van der Waals surface area contributed by atoms with Gasteiger partial charge in [-0.1, -0.05) is 12.1 Å². The largest absolute Gasteiger partial charge is 0.497 e. The van der Waals surface area contributed by atoms with Crippen LogP contribution in [0.2, 0.25) is 0 Å². The minimum atomic E-state index is 0.371. The van der Waals surface area contributed by atoms with Gasteiger partial charge in [-0.05, 0) is 49.4 Å². The van der Waals surface area contributed by atoms with E-state index in [0.717, 1.165) is 42.1 Å². The van der Waals surface area contributed by atoms with E-state index in [9.17, 15) is 0 Å². The van der Waals surface area contributed by atoms with Crippen molar-refractivity contribution in [2.24, 2.45) is 5.92 Å². The third-order valence-corrected chi connectivity index (χ3v) is 5.18. The third-order valence-electron chi connectivity index (χ3n) is 5.18. The molecule has 0 saturated carbocycles. The Morgan fingerprint density at radius 1 is 1.17 bits per heavy atom. The smallest absolute Gasteiger partial charge is 0.231 e. The molecule has 4 rings (SSSR count). The molecule has 0 radical (unpaired) electrons. The van der Waals surface area contributed by atoms with Gasteiger partial charge in [0.15, 0.2) is 0 Å². The van der Waals surface area contributed by atoms with Crippen LogP contribution in [0.1, 0.15) is 38.0 Å². The van der Waals surface area contributed by atoms with Gasteiger partial charge in [0, 0.05) is 24.7 Å². The summed E-state index contributed by atoms with van der Waals surface area (Å²) >= 11 is 0. The molecular weight excluding hydrogens is 290 g/mol. The molecule has 2 saturated heterocycles. The van der Waals surface area contributed by atoms with Gasteiger partial charge < -0.3 is 9.26 Å². The highest BCUT2D eigenvalue weighted by Crippen LogP contribution is 2.36. The Kier molecular flexibility index (Phi) is 3.81. The summed E-state index contributed by atoms with van der Waals surface area (Å²) in [5, 5.41) is 4.17. The fraction of sp³-hybridized carbons (Fsp3) is 0.556. The van der Waals surface area contributed by atoms with E-state index in [1.165, 1.54) is 19.4 Å². The van der Waals surface area contributed by atoms with Crippen LogP contribution >= 0.6 is 0 Å². The Balaban J connectivity index is 1.49. The van der Waals surface area contributed by atoms with Gasteiger partial charge in [0.2, 0.25) is 11.7 Å². The lowest BCUT2D eigenvalue weighted by Crippen LogP contribution is -2.38. The van der Waals surface area contributed by atoms with Crippen LogP contribution in [-0.2, 0) is 0 Å². The maximum Gasteiger partial charge on any atom is 0.231 e. The SMILES string of the molecule is COc1ccc(-c2noc(C3CCC4CC(C)CN4C3)n2)cc1. The second-order valence-electron chi connectivity index (χ2n) is 6.91. The van der Waals surface area contributed by atoms with Crippen LogP contribution in [0.3, 0.4) is 0 Å². The van der Waals surface area contributed by atoms with Crippen LogP contribution in [0.15, 0.2) is 28.8 Å². The number of piperidine rings is 1. The fourth-order valence-electron chi connectivity index (χ4n) is 3.99. The summed E-state index contributed by atoms with van der Waals surface area (Å²) < 4.78 is 10.8. The molecule has 23 heavy (non-hydrogen) atoms. The molecule has 3 unspecified atom stereocenters. The average molecular weight is 313 g/mol. The zero-order chi connectivity index (χ0) is 15.8. The standard InChI is InChI=1S/C18H23N3O2/c1-12-9-15-6-3-14(11-21(15)10-12)18-19-17(20-23-18)13-4-7-16(22-2)8-5-13/h4-5,7-8,12,14-15H,3,6,9-11H2,1-2H3. The Labute approximate surface area is 136 Å². The van der Waals surface area contributed by atoms with Gasteiger partial charge in [-0.3, -0.25) is 4.90 Å². The van der Waals surface area contributed by atoms with E-state index in [0.29, 0.717) is 11.7 Å². The number of benzene rings is 1. The minimum Gasteiger partial charge on any atom is -0.497 e. The summed E-state index contributed by atoms with van der Waals surface area (Å²) in [7, 11) is 1.66. The summed E-state index contributed by atoms with van der Waals surface area (Å²) in [6.45, 7) is 4.61. The molecule has 122 valence electrons. The van der Waals surface area contributed by atoms with Gasteiger partial charge in [0.25, 0.3) is 0 Å². The van der Waals surface area contributed by atoms with Gasteiger partial charge in [-0.25, -0.2) is 0 Å². The number of rotatable bonds is 3. The van der Waals surface area contributed by atoms with Gasteiger partial charge in [0.1, 0.15) is 5.75 Å². The Morgan fingerprint density at radius 2 is 2.00 bits per heavy atom. The average Bonchev–Trinajstić information content (AvgIpc) is 3.19. The summed E-state index contributed by atoms with van der Waals surface area (Å²) in [5.74, 6) is 3.47. The molecule has 0 amide bonds. The summed E-state index contributed by atoms with van der Waals surface area (Å²) in [6.07, 6.45) is 3.74. The van der Waals surface area contributed by atoms with Crippen LogP contribution in [-0.4, -0.2) is 41.3 Å². The lowest BCUT2D eigenvalue weighted by Gasteiger charge is -2.33. The summed E-state index contributed by atoms with van der Waals surface area (Å²) in [5.41, 5.74) is 0.962. The molecule has 0 spiro atoms. The van der Waals surface area contributed by atoms with Crippen molar-refractivity contribution in [3.8, 4) is 17.1 Å². The number of aromatic nitrogens is 2. The molecule has 1 aromatic heterocycles. The van der Waals surface area contributed by atoms with Crippen molar-refractivity contribution < 1.29 is 9.26 Å². The number of hydrogen-bond acceptors (Lipinski definition) is 5. The molecule has 5 nitrogen and oxygen atoms in total. The Bertz CT molecular complexity index is 667. The Hall–Kier alpha value is -1.88. The third kappa shape index (κ3) is 2.85. The molecular formula is C18H23N3O2. The van der Waals surface area contributed by atoms with Crippen LogP contribution in [0.4, 0.5) is 0 Å². The molecule has 2 aromatic rings. The van der Waals surface area contributed by atoms with E-state index in [-0.39, 0.29) is 0 Å². The van der Waals surface area contributed by atoms with Crippen LogP contribution in [0.5, 0.6) is 5.75 Å². The van der Waals surface area contributed by atoms with E-state index in [1.807, 2.05) is 24.3 Å². The maximum absolute atomic E-state index is 5.57. The molecule has 0 bridgehead atoms. The normalized spacial score (nSPS) is 27.8. The van der Waals surface area contributed by atoms with Crippen molar-refractivity contribution in [3.05, 3.63) is 30.2 Å². The van der Waals surface area contributed by atoms with Crippen molar-refractivity contribution in [2.75, 3.05) is 20.2 Å². The monoisotopic (exact) mass is 313 g/mol. The molecule has 0 aliphatic carbocycles. The van der Waals surface area contributed by atoms with Crippen molar-refractivity contribution >= 4 is 0 Å². The maximum atomic E-state index is 5.57. The van der Waals surface area contributed by atoms with Crippen molar-refractivity contribution in [2.45, 2.75) is 38.1 Å². The lowest BCUT2D eigenvalue weighted by molar-refractivity contribution is 0.160. The van der Waals surface area contributed by atoms with Crippen LogP contribution in [0, 0.1) is 5.92 Å². The van der Waals surface area contributed by atoms with E-state index >= 15 is 0 Å². The highest BCUT2D eigenvalue weighted by atomic mass is 16.5. The lowest BCUT2D eigenvalue weighted by atomic mass is 9.92. The van der Waals surface area contributed by atoms with Crippen molar-refractivity contribution in [1.82, 2.24) is 15.0 Å². The molecule has 2 aliphatic rings. The number of fused-ring (bicyclic) bond motifs is 1. The topological polar surface area (TPSA) is 51.4 Å². The quantitative estimate of drug-likeness (QED) is 0.870. The minimum absolute atomic E-state index is 0.371. The van der Waals surface area contributed by atoms with Crippen molar-refractivity contribution in [1.29, 1.82) is 0 Å². The van der Waals surface area contributed by atoms with E-state index in [1.54, 1.807) is 7.11 Å². The first-order valence-corrected chi connectivity index (χ1v) is 8.45. The van der Waals surface area contributed by atoms with Gasteiger partial charge in [-0.2, -0.15) is 4.98 Å². The van der Waals surface area contributed by atoms with E-state index < -0.39 is 0 Å². The first-order chi connectivity index (χ1) is 11.2. The summed E-state index contributed by atoms with van der Waals surface area (Å²) in [6, 6.07) is 8.54. The van der Waals surface area contributed by atoms with Gasteiger partial charge >= 0.3 is 0 Å². The number of nitrogens with zero attached hydrogens (tertiary/aromatic N) is 3. The predicted molar refractivity (Wildman–Crippen MR) is 87.4 cm³/mol. The fourth-order valence-corrected chi connectivity index (χ4v) is 3.99. The van der Waals surface area contributed by atoms with E-state index in [2.05, 4.69) is 22.0 Å². The summed E-state index contributed by atoms with van der Waals surface area (Å²) in [4.78, 5) is 7.25. The van der Waals surface area contributed by atoms with Crippen LogP contribution < -0.4 is 4.74 Å². The molecule has 3 heterocycles. The number of methoxy groups -OCH3 is 1. The van der Waals surface area contributed by atoms with Gasteiger partial charge in [0.05, 0.1) is 13.0 Å². The highest BCUT2D eigenvalue weighted by molar-refractivity contribution is 5.55. The second-order valence-corrected chi connectivity index (χ2v) is 6.91. The van der Waals surface area contributed by atoms with E-state index in [4.69, 9.17) is 9.26 Å². The first-order valence-electron chi connectivity index (χ1n) is 8.45. The molecule has 2 fully saturated rings. The van der Waals surface area contributed by atoms with Crippen LogP contribution in [0.25, 0.3) is 11.4 Å². The molecule has 5 heteroatoms. The number of hydrogen-bond donors (Lipinski definition) is 0. The van der Waals surface area contributed by atoms with Gasteiger partial charge in [-0.15, -0.1) is 0 Å². The predicted octanol–water partition coefficient (Wildman–Crippen LogP) is 3.33. The number of ether oxygens (including phenoxy) is 1. The zero-order valence-electron chi connectivity index (χ0n) is 13.7. The molecule has 0 N–H and O–H groups in total. The van der Waals surface area contributed by atoms with Crippen molar-refractivity contribution in [3.63, 3.8) is 0 Å². The molecule has 3 atom stereocenters. The first kappa shape index (κ1) is 14.7. The molecule has 1 aromatic carbocycles.